The number of carbonyl (C=O) groups excluding carboxylic acids is 1. The molecule has 0 unspecified atom stereocenters. The quantitative estimate of drug-likeness (QED) is 0.738. The Hall–Kier alpha value is -1.83. The smallest absolute Gasteiger partial charge is 0.230 e. The lowest BCUT2D eigenvalue weighted by molar-refractivity contribution is -0.119. The zero-order valence-corrected chi connectivity index (χ0v) is 17.1. The Balaban J connectivity index is 1.50. The van der Waals surface area contributed by atoms with Gasteiger partial charge in [0, 0.05) is 32.2 Å². The number of imidazole rings is 1. The molecular weight excluding hydrogens is 360 g/mol. The summed E-state index contributed by atoms with van der Waals surface area (Å²) in [6, 6.07) is 10.1. The van der Waals surface area contributed by atoms with Crippen molar-refractivity contribution < 1.29 is 9.53 Å². The number of hydrogen-bond donors (Lipinski definition) is 1. The molecular formula is C20H28N4O2S. The van der Waals surface area contributed by atoms with Crippen LogP contribution >= 0.6 is 11.8 Å². The molecule has 6 nitrogen and oxygen atoms in total. The Bertz CT molecular complexity index is 755. The van der Waals surface area contributed by atoms with Crippen LogP contribution < -0.4 is 5.32 Å². The molecule has 1 aliphatic heterocycles. The molecule has 0 radical (unpaired) electrons. The highest BCUT2D eigenvalue weighted by Gasteiger charge is 2.28. The number of aromatic nitrogens is 2. The monoisotopic (exact) mass is 388 g/mol. The van der Waals surface area contributed by atoms with Crippen LogP contribution in [0.2, 0.25) is 0 Å². The van der Waals surface area contributed by atoms with E-state index in [2.05, 4.69) is 41.2 Å². The van der Waals surface area contributed by atoms with Crippen molar-refractivity contribution in [3.8, 4) is 11.3 Å². The van der Waals surface area contributed by atoms with Gasteiger partial charge in [-0.15, -0.1) is 0 Å². The minimum atomic E-state index is -0.0756. The van der Waals surface area contributed by atoms with Gasteiger partial charge in [-0.05, 0) is 19.4 Å². The Morgan fingerprint density at radius 3 is 2.67 bits per heavy atom. The molecule has 1 fully saturated rings. The number of ether oxygens (including phenoxy) is 1. The molecule has 1 saturated heterocycles. The summed E-state index contributed by atoms with van der Waals surface area (Å²) in [4.78, 5) is 19.2. The van der Waals surface area contributed by atoms with Crippen LogP contribution in [0.4, 0.5) is 0 Å². The number of hydrogen-bond acceptors (Lipinski definition) is 5. The molecule has 0 saturated carbocycles. The van der Waals surface area contributed by atoms with E-state index in [1.54, 1.807) is 0 Å². The van der Waals surface area contributed by atoms with Crippen LogP contribution in [0, 0.1) is 0 Å². The standard InChI is InChI=1S/C20H28N4O2S/c1-20(2,24-9-11-26-12-10-24)15-22-18(25)14-27-19-21-13-17(23(19)3)16-7-5-4-6-8-16/h4-8,13H,9-12,14-15H2,1-3H3,(H,22,25). The molecule has 2 aromatic rings. The summed E-state index contributed by atoms with van der Waals surface area (Å²) in [6.45, 7) is 8.29. The second-order valence-electron chi connectivity index (χ2n) is 7.33. The Kier molecular flexibility index (Phi) is 6.57. The molecule has 0 aliphatic carbocycles. The summed E-state index contributed by atoms with van der Waals surface area (Å²) in [5.41, 5.74) is 2.09. The lowest BCUT2D eigenvalue weighted by atomic mass is 10.0. The van der Waals surface area contributed by atoms with Crippen molar-refractivity contribution in [2.75, 3.05) is 38.6 Å². The zero-order valence-electron chi connectivity index (χ0n) is 16.3. The molecule has 0 atom stereocenters. The summed E-state index contributed by atoms with van der Waals surface area (Å²) >= 11 is 1.46. The number of nitrogens with zero attached hydrogens (tertiary/aromatic N) is 3. The highest BCUT2D eigenvalue weighted by atomic mass is 32.2. The van der Waals surface area contributed by atoms with Gasteiger partial charge in [0.05, 0.1) is 30.9 Å². The molecule has 1 aliphatic rings. The second-order valence-corrected chi connectivity index (χ2v) is 8.27. The third kappa shape index (κ3) is 5.12. The number of carbonyl (C=O) groups is 1. The van der Waals surface area contributed by atoms with Crippen LogP contribution in [0.3, 0.4) is 0 Å². The number of rotatable bonds is 7. The Labute approximate surface area is 165 Å². The minimum Gasteiger partial charge on any atom is -0.379 e. The van der Waals surface area contributed by atoms with Crippen molar-refractivity contribution in [1.29, 1.82) is 0 Å². The van der Waals surface area contributed by atoms with E-state index in [4.69, 9.17) is 4.74 Å². The Morgan fingerprint density at radius 2 is 1.96 bits per heavy atom. The first kappa shape index (κ1) is 19.9. The molecule has 3 rings (SSSR count). The van der Waals surface area contributed by atoms with Gasteiger partial charge >= 0.3 is 0 Å². The van der Waals surface area contributed by atoms with E-state index in [1.165, 1.54) is 11.8 Å². The van der Waals surface area contributed by atoms with Gasteiger partial charge in [0.15, 0.2) is 5.16 Å². The van der Waals surface area contributed by atoms with Crippen molar-refractivity contribution in [2.24, 2.45) is 7.05 Å². The topological polar surface area (TPSA) is 59.4 Å². The van der Waals surface area contributed by atoms with E-state index < -0.39 is 0 Å². The van der Waals surface area contributed by atoms with E-state index in [1.807, 2.05) is 36.0 Å². The molecule has 1 aromatic carbocycles. The molecule has 0 spiro atoms. The van der Waals surface area contributed by atoms with E-state index in [9.17, 15) is 4.79 Å². The number of amides is 1. The predicted molar refractivity (Wildman–Crippen MR) is 109 cm³/mol. The summed E-state index contributed by atoms with van der Waals surface area (Å²) in [5, 5.41) is 3.91. The molecule has 27 heavy (non-hydrogen) atoms. The lowest BCUT2D eigenvalue weighted by Crippen LogP contribution is -2.55. The van der Waals surface area contributed by atoms with Crippen molar-refractivity contribution in [2.45, 2.75) is 24.5 Å². The molecule has 1 N–H and O–H groups in total. The van der Waals surface area contributed by atoms with E-state index in [-0.39, 0.29) is 11.4 Å². The number of morpholine rings is 1. The minimum absolute atomic E-state index is 0.0330. The normalized spacial score (nSPS) is 15.7. The van der Waals surface area contributed by atoms with Gasteiger partial charge in [0.1, 0.15) is 0 Å². The fraction of sp³-hybridized carbons (Fsp3) is 0.500. The van der Waals surface area contributed by atoms with Crippen molar-refractivity contribution in [3.05, 3.63) is 36.5 Å². The van der Waals surface area contributed by atoms with E-state index in [0.29, 0.717) is 12.3 Å². The number of thioether (sulfide) groups is 1. The summed E-state index contributed by atoms with van der Waals surface area (Å²) in [6.07, 6.45) is 1.86. The van der Waals surface area contributed by atoms with Gasteiger partial charge in [-0.25, -0.2) is 4.98 Å². The van der Waals surface area contributed by atoms with Crippen molar-refractivity contribution in [1.82, 2.24) is 19.8 Å². The van der Waals surface area contributed by atoms with Gasteiger partial charge in [0.25, 0.3) is 0 Å². The van der Waals surface area contributed by atoms with Crippen LogP contribution in [0.5, 0.6) is 0 Å². The van der Waals surface area contributed by atoms with Crippen molar-refractivity contribution in [3.63, 3.8) is 0 Å². The van der Waals surface area contributed by atoms with Gasteiger partial charge in [0.2, 0.25) is 5.91 Å². The zero-order chi connectivity index (χ0) is 19.3. The van der Waals surface area contributed by atoms with E-state index in [0.717, 1.165) is 42.7 Å². The first-order chi connectivity index (χ1) is 13.0. The second kappa shape index (κ2) is 8.91. The van der Waals surface area contributed by atoms with Gasteiger partial charge in [-0.3, -0.25) is 9.69 Å². The average molecular weight is 389 g/mol. The molecule has 7 heteroatoms. The van der Waals surface area contributed by atoms with Crippen molar-refractivity contribution >= 4 is 17.7 Å². The summed E-state index contributed by atoms with van der Waals surface area (Å²) in [7, 11) is 1.98. The maximum absolute atomic E-state index is 12.3. The van der Waals surface area contributed by atoms with Gasteiger partial charge in [-0.1, -0.05) is 42.1 Å². The molecule has 2 heterocycles. The first-order valence-corrected chi connectivity index (χ1v) is 10.3. The molecule has 146 valence electrons. The fourth-order valence-electron chi connectivity index (χ4n) is 3.18. The highest BCUT2D eigenvalue weighted by Crippen LogP contribution is 2.24. The maximum Gasteiger partial charge on any atom is 0.230 e. The highest BCUT2D eigenvalue weighted by molar-refractivity contribution is 7.99. The molecule has 1 amide bonds. The lowest BCUT2D eigenvalue weighted by Gasteiger charge is -2.40. The molecule has 1 aromatic heterocycles. The SMILES string of the molecule is Cn1c(-c2ccccc2)cnc1SCC(=O)NCC(C)(C)N1CCOCC1. The molecule has 0 bridgehead atoms. The predicted octanol–water partition coefficient (Wildman–Crippen LogP) is 2.41. The first-order valence-electron chi connectivity index (χ1n) is 9.27. The average Bonchev–Trinajstić information content (AvgIpc) is 3.06. The van der Waals surface area contributed by atoms with Gasteiger partial charge in [-0.2, -0.15) is 0 Å². The van der Waals surface area contributed by atoms with Crippen LogP contribution in [-0.4, -0.2) is 64.5 Å². The third-order valence-electron chi connectivity index (χ3n) is 4.93. The summed E-state index contributed by atoms with van der Waals surface area (Å²) < 4.78 is 7.44. The number of nitrogens with one attached hydrogen (secondary N) is 1. The maximum atomic E-state index is 12.3. The van der Waals surface area contributed by atoms with Crippen LogP contribution in [0.25, 0.3) is 11.3 Å². The van der Waals surface area contributed by atoms with Crippen LogP contribution in [0.15, 0.2) is 41.7 Å². The largest absolute Gasteiger partial charge is 0.379 e. The van der Waals surface area contributed by atoms with Crippen LogP contribution in [-0.2, 0) is 16.6 Å². The fourth-order valence-corrected chi connectivity index (χ4v) is 3.96. The third-order valence-corrected chi connectivity index (χ3v) is 5.98. The van der Waals surface area contributed by atoms with Crippen LogP contribution in [0.1, 0.15) is 13.8 Å². The summed E-state index contributed by atoms with van der Waals surface area (Å²) in [5.74, 6) is 0.392. The number of benzene rings is 1. The van der Waals surface area contributed by atoms with E-state index >= 15 is 0 Å². The van der Waals surface area contributed by atoms with Gasteiger partial charge < -0.3 is 14.6 Å². The Morgan fingerprint density at radius 1 is 1.26 bits per heavy atom.